The van der Waals surface area contributed by atoms with E-state index in [1.807, 2.05) is 42.5 Å². The summed E-state index contributed by atoms with van der Waals surface area (Å²) in [6.45, 7) is 0. The highest BCUT2D eigenvalue weighted by Crippen LogP contribution is 2.40. The van der Waals surface area contributed by atoms with Gasteiger partial charge in [0.15, 0.2) is 0 Å². The first kappa shape index (κ1) is 20.8. The van der Waals surface area contributed by atoms with Gasteiger partial charge in [0.25, 0.3) is 0 Å². The van der Waals surface area contributed by atoms with Gasteiger partial charge in [-0.25, -0.2) is 4.79 Å². The zero-order chi connectivity index (χ0) is 22.0. The molecule has 0 bridgehead atoms. The molecule has 4 rings (SSSR count). The quantitative estimate of drug-likeness (QED) is 0.561. The lowest BCUT2D eigenvalue weighted by Gasteiger charge is -2.23. The molecule has 0 saturated carbocycles. The van der Waals surface area contributed by atoms with Gasteiger partial charge in [0, 0.05) is 12.0 Å². The molecule has 0 spiro atoms. The second kappa shape index (κ2) is 8.34. The molecule has 4 nitrogen and oxygen atoms in total. The Balaban J connectivity index is 1.60. The van der Waals surface area contributed by atoms with Crippen LogP contribution in [0.1, 0.15) is 16.7 Å². The van der Waals surface area contributed by atoms with Crippen LogP contribution in [0.25, 0.3) is 11.1 Å². The minimum absolute atomic E-state index is 0.429. The fourth-order valence-electron chi connectivity index (χ4n) is 3.89. The summed E-state index contributed by atoms with van der Waals surface area (Å²) in [4.78, 5) is 11.4. The minimum atomic E-state index is -4.40. The predicted octanol–water partition coefficient (Wildman–Crippen LogP) is 5.55. The number of carbonyl (C=O) groups is 1. The maximum absolute atomic E-state index is 12.9. The van der Waals surface area contributed by atoms with Crippen LogP contribution in [-0.2, 0) is 19.0 Å². The van der Waals surface area contributed by atoms with Crippen LogP contribution in [0, 0.1) is 0 Å². The van der Waals surface area contributed by atoms with Gasteiger partial charge < -0.3 is 15.2 Å². The predicted molar refractivity (Wildman–Crippen MR) is 110 cm³/mol. The SMILES string of the molecule is O=C(O)NC(Cc1ccccc1)C1Cc2cccc(-c3ccc(C(F)(F)F)cc3)c2O1. The number of ether oxygens (including phenoxy) is 1. The lowest BCUT2D eigenvalue weighted by Crippen LogP contribution is -2.46. The van der Waals surface area contributed by atoms with Gasteiger partial charge in [-0.15, -0.1) is 0 Å². The van der Waals surface area contributed by atoms with E-state index >= 15 is 0 Å². The van der Waals surface area contributed by atoms with Crippen molar-refractivity contribution in [3.05, 3.63) is 89.5 Å². The van der Waals surface area contributed by atoms with Gasteiger partial charge in [-0.1, -0.05) is 60.7 Å². The van der Waals surface area contributed by atoms with Gasteiger partial charge in [0.05, 0.1) is 11.6 Å². The molecule has 2 N–H and O–H groups in total. The van der Waals surface area contributed by atoms with Crippen LogP contribution in [0.2, 0.25) is 0 Å². The number of alkyl halides is 3. The van der Waals surface area contributed by atoms with Gasteiger partial charge in [0.2, 0.25) is 0 Å². The van der Waals surface area contributed by atoms with Crippen LogP contribution >= 0.6 is 0 Å². The number of fused-ring (bicyclic) bond motifs is 1. The number of nitrogens with one attached hydrogen (secondary N) is 1. The molecule has 31 heavy (non-hydrogen) atoms. The summed E-state index contributed by atoms with van der Waals surface area (Å²) in [6, 6.07) is 19.5. The van der Waals surface area contributed by atoms with Gasteiger partial charge in [-0.2, -0.15) is 13.2 Å². The monoisotopic (exact) mass is 427 g/mol. The van der Waals surface area contributed by atoms with E-state index in [2.05, 4.69) is 5.32 Å². The molecule has 1 heterocycles. The van der Waals surface area contributed by atoms with Crippen molar-refractivity contribution in [2.24, 2.45) is 0 Å². The molecule has 160 valence electrons. The zero-order valence-electron chi connectivity index (χ0n) is 16.4. The van der Waals surface area contributed by atoms with Crippen molar-refractivity contribution in [1.29, 1.82) is 0 Å². The minimum Gasteiger partial charge on any atom is -0.487 e. The number of hydrogen-bond acceptors (Lipinski definition) is 2. The molecule has 1 aliphatic heterocycles. The normalized spacial score (nSPS) is 16.3. The smallest absolute Gasteiger partial charge is 0.416 e. The Bertz CT molecular complexity index is 1070. The summed E-state index contributed by atoms with van der Waals surface area (Å²) < 4.78 is 44.8. The molecule has 1 amide bonds. The molecular formula is C24H20F3NO3. The Kier molecular flexibility index (Phi) is 5.59. The van der Waals surface area contributed by atoms with E-state index in [0.717, 1.165) is 23.3 Å². The highest BCUT2D eigenvalue weighted by Gasteiger charge is 2.34. The highest BCUT2D eigenvalue weighted by atomic mass is 19.4. The number of benzene rings is 3. The van der Waals surface area contributed by atoms with Crippen LogP contribution in [0.4, 0.5) is 18.0 Å². The molecule has 0 fully saturated rings. The summed E-state index contributed by atoms with van der Waals surface area (Å²) in [6.07, 6.45) is -5.00. The van der Waals surface area contributed by atoms with Crippen molar-refractivity contribution in [3.8, 4) is 16.9 Å². The second-order valence-corrected chi connectivity index (χ2v) is 7.48. The average Bonchev–Trinajstić information content (AvgIpc) is 3.18. The van der Waals surface area contributed by atoms with Crippen molar-refractivity contribution in [1.82, 2.24) is 5.32 Å². The molecule has 7 heteroatoms. The molecule has 0 aliphatic carbocycles. The van der Waals surface area contributed by atoms with Crippen molar-refractivity contribution in [3.63, 3.8) is 0 Å². The third-order valence-corrected chi connectivity index (χ3v) is 5.37. The largest absolute Gasteiger partial charge is 0.487 e. The first-order chi connectivity index (χ1) is 14.8. The standard InChI is InChI=1S/C24H20F3NO3/c25-24(26,27)18-11-9-16(10-12-18)19-8-4-7-17-14-21(31-22(17)19)20(28-23(29)30)13-15-5-2-1-3-6-15/h1-12,20-21,28H,13-14H2,(H,29,30). The van der Waals surface area contributed by atoms with Gasteiger partial charge in [0.1, 0.15) is 11.9 Å². The van der Waals surface area contributed by atoms with Crippen LogP contribution in [0.15, 0.2) is 72.8 Å². The van der Waals surface area contributed by atoms with Gasteiger partial charge >= 0.3 is 12.3 Å². The van der Waals surface area contributed by atoms with E-state index < -0.39 is 30.0 Å². The molecule has 3 aromatic carbocycles. The van der Waals surface area contributed by atoms with Crippen molar-refractivity contribution >= 4 is 6.09 Å². The van der Waals surface area contributed by atoms with Crippen molar-refractivity contribution in [2.75, 3.05) is 0 Å². The van der Waals surface area contributed by atoms with Crippen LogP contribution in [0.3, 0.4) is 0 Å². The topological polar surface area (TPSA) is 58.6 Å². The van der Waals surface area contributed by atoms with Gasteiger partial charge in [-0.3, -0.25) is 0 Å². The third kappa shape index (κ3) is 4.66. The van der Waals surface area contributed by atoms with Crippen molar-refractivity contribution < 1.29 is 27.8 Å². The Morgan fingerprint density at radius 3 is 2.39 bits per heavy atom. The molecule has 2 atom stereocenters. The number of halogens is 3. The fourth-order valence-corrected chi connectivity index (χ4v) is 3.89. The Hall–Kier alpha value is -3.48. The summed E-state index contributed by atoms with van der Waals surface area (Å²) in [5, 5.41) is 11.9. The summed E-state index contributed by atoms with van der Waals surface area (Å²) in [5.41, 5.74) is 2.45. The Morgan fingerprint density at radius 1 is 1.03 bits per heavy atom. The molecule has 3 aromatic rings. The maximum Gasteiger partial charge on any atom is 0.416 e. The lowest BCUT2D eigenvalue weighted by atomic mass is 9.96. The van der Waals surface area contributed by atoms with E-state index in [0.29, 0.717) is 29.7 Å². The van der Waals surface area contributed by atoms with E-state index in [1.54, 1.807) is 6.07 Å². The molecule has 1 aliphatic rings. The molecule has 0 radical (unpaired) electrons. The number of para-hydroxylation sites is 1. The lowest BCUT2D eigenvalue weighted by molar-refractivity contribution is -0.137. The number of hydrogen-bond donors (Lipinski definition) is 2. The van der Waals surface area contributed by atoms with Crippen LogP contribution in [-0.4, -0.2) is 23.3 Å². The molecule has 2 unspecified atom stereocenters. The van der Waals surface area contributed by atoms with Crippen molar-refractivity contribution in [2.45, 2.75) is 31.2 Å². The van der Waals surface area contributed by atoms with E-state index in [4.69, 9.17) is 4.74 Å². The Labute approximate surface area is 177 Å². The third-order valence-electron chi connectivity index (χ3n) is 5.37. The summed E-state index contributed by atoms with van der Waals surface area (Å²) in [7, 11) is 0. The summed E-state index contributed by atoms with van der Waals surface area (Å²) in [5.74, 6) is 0.581. The first-order valence-electron chi connectivity index (χ1n) is 9.81. The fraction of sp³-hybridized carbons (Fsp3) is 0.208. The van der Waals surface area contributed by atoms with E-state index in [1.165, 1.54) is 12.1 Å². The van der Waals surface area contributed by atoms with E-state index in [9.17, 15) is 23.1 Å². The van der Waals surface area contributed by atoms with E-state index in [-0.39, 0.29) is 0 Å². The van der Waals surface area contributed by atoms with Gasteiger partial charge in [-0.05, 0) is 35.2 Å². The zero-order valence-corrected chi connectivity index (χ0v) is 16.4. The Morgan fingerprint density at radius 2 is 1.74 bits per heavy atom. The number of rotatable bonds is 5. The molecule has 0 saturated heterocycles. The number of carboxylic acid groups (broad SMARTS) is 1. The maximum atomic E-state index is 12.9. The molecule has 0 aromatic heterocycles. The second-order valence-electron chi connectivity index (χ2n) is 7.48. The molecular weight excluding hydrogens is 407 g/mol. The highest BCUT2D eigenvalue weighted by molar-refractivity contribution is 5.73. The average molecular weight is 427 g/mol. The van der Waals surface area contributed by atoms with Crippen LogP contribution < -0.4 is 10.1 Å². The first-order valence-corrected chi connectivity index (χ1v) is 9.81. The summed E-state index contributed by atoms with van der Waals surface area (Å²) >= 11 is 0. The van der Waals surface area contributed by atoms with Crippen LogP contribution in [0.5, 0.6) is 5.75 Å². The number of amides is 1.